The molecule has 4 aromatic rings. The number of nitrogens with zero attached hydrogens (tertiary/aromatic N) is 4. The minimum atomic E-state index is -1.33. The van der Waals surface area contributed by atoms with E-state index in [1.54, 1.807) is 25.1 Å². The summed E-state index contributed by atoms with van der Waals surface area (Å²) in [4.78, 5) is 21.8. The van der Waals surface area contributed by atoms with Gasteiger partial charge in [0.25, 0.3) is 5.79 Å². The molecule has 1 aliphatic carbocycles. The van der Waals surface area contributed by atoms with Crippen molar-refractivity contribution in [1.82, 2.24) is 14.5 Å². The highest BCUT2D eigenvalue weighted by Crippen LogP contribution is 2.51. The number of fused-ring (bicyclic) bond motifs is 3. The molecule has 3 aromatic carbocycles. The normalized spacial score (nSPS) is 25.2. The molecule has 0 amide bonds. The molecular weight excluding hydrogens is 618 g/mol. The molecule has 12 heteroatoms. The van der Waals surface area contributed by atoms with Crippen molar-refractivity contribution in [3.63, 3.8) is 0 Å². The van der Waals surface area contributed by atoms with Gasteiger partial charge in [0.1, 0.15) is 17.2 Å². The number of halogens is 3. The minimum Gasteiger partial charge on any atom is -0.465 e. The van der Waals surface area contributed by atoms with Gasteiger partial charge in [-0.15, -0.1) is 0 Å². The van der Waals surface area contributed by atoms with E-state index in [1.807, 2.05) is 22.8 Å². The van der Waals surface area contributed by atoms with Crippen LogP contribution in [0.25, 0.3) is 11.0 Å². The van der Waals surface area contributed by atoms with Crippen molar-refractivity contribution in [2.45, 2.75) is 63.3 Å². The Morgan fingerprint density at radius 1 is 1.07 bits per heavy atom. The standard InChI is InChI=1S/C34H33ClF2N4O5/c1-34(22-7-6-20(35)16-23(22)36)45-29-5-3-4-27(32(29)46-34)40-12-11-39(25-8-9-26(25)40)18-30-38-31-24(37)14-19(33(42)43-2)15-28(31)41(30)17-21-10-13-44-21/h3-7,14-16,21,25-26H,8-13,17-18H2,1-2H3/t21-,25-,26+,34?/m0/s1. The maximum absolute atomic E-state index is 15.3. The number of hydrogen-bond acceptors (Lipinski definition) is 8. The quantitative estimate of drug-likeness (QED) is 0.224. The van der Waals surface area contributed by atoms with Crippen molar-refractivity contribution < 1.29 is 32.5 Å². The van der Waals surface area contributed by atoms with Crippen LogP contribution in [0.3, 0.4) is 0 Å². The van der Waals surface area contributed by atoms with Gasteiger partial charge in [0.2, 0.25) is 0 Å². The lowest BCUT2D eigenvalue weighted by Crippen LogP contribution is -2.64. The number of rotatable bonds is 7. The van der Waals surface area contributed by atoms with E-state index in [4.69, 9.17) is 35.5 Å². The number of ether oxygens (including phenoxy) is 4. The van der Waals surface area contributed by atoms with E-state index in [1.165, 1.54) is 19.2 Å². The largest absolute Gasteiger partial charge is 0.465 e. The first-order valence-corrected chi connectivity index (χ1v) is 16.0. The third-order valence-electron chi connectivity index (χ3n) is 9.82. The van der Waals surface area contributed by atoms with Gasteiger partial charge >= 0.3 is 5.97 Å². The number of carbonyl (C=O) groups excluding carboxylic acids is 1. The van der Waals surface area contributed by atoms with Crippen molar-refractivity contribution in [3.05, 3.63) is 82.1 Å². The summed E-state index contributed by atoms with van der Waals surface area (Å²) in [6.45, 7) is 4.94. The molecule has 3 fully saturated rings. The van der Waals surface area contributed by atoms with Crippen LogP contribution in [-0.2, 0) is 28.4 Å². The van der Waals surface area contributed by atoms with Crippen LogP contribution in [0.4, 0.5) is 14.5 Å². The fourth-order valence-electron chi connectivity index (χ4n) is 7.23. The molecule has 1 aromatic heterocycles. The molecule has 4 aliphatic rings. The molecule has 1 unspecified atom stereocenters. The third-order valence-corrected chi connectivity index (χ3v) is 10.1. The fraction of sp³-hybridized carbons (Fsp3) is 0.412. The number of hydrogen-bond donors (Lipinski definition) is 0. The summed E-state index contributed by atoms with van der Waals surface area (Å²) in [5.41, 5.74) is 2.14. The molecule has 1 saturated carbocycles. The van der Waals surface area contributed by atoms with Crippen LogP contribution in [0, 0.1) is 11.6 Å². The highest BCUT2D eigenvalue weighted by atomic mass is 35.5. The van der Waals surface area contributed by atoms with E-state index in [9.17, 15) is 9.18 Å². The molecule has 240 valence electrons. The van der Waals surface area contributed by atoms with Crippen LogP contribution in [0.15, 0.2) is 48.5 Å². The Labute approximate surface area is 269 Å². The Kier molecular flexibility index (Phi) is 7.11. The van der Waals surface area contributed by atoms with Crippen molar-refractivity contribution >= 4 is 34.3 Å². The number of carbonyl (C=O) groups is 1. The van der Waals surface area contributed by atoms with Crippen LogP contribution in [0.5, 0.6) is 11.5 Å². The summed E-state index contributed by atoms with van der Waals surface area (Å²) >= 11 is 6.00. The van der Waals surface area contributed by atoms with Gasteiger partial charge in [-0.25, -0.2) is 18.6 Å². The molecule has 4 heterocycles. The molecule has 4 atom stereocenters. The highest BCUT2D eigenvalue weighted by molar-refractivity contribution is 6.30. The predicted octanol–water partition coefficient (Wildman–Crippen LogP) is 6.04. The lowest BCUT2D eigenvalue weighted by atomic mass is 9.81. The van der Waals surface area contributed by atoms with Gasteiger partial charge < -0.3 is 28.4 Å². The van der Waals surface area contributed by atoms with Crippen molar-refractivity contribution in [3.8, 4) is 11.5 Å². The number of benzene rings is 3. The maximum Gasteiger partial charge on any atom is 0.338 e. The fourth-order valence-corrected chi connectivity index (χ4v) is 7.39. The van der Waals surface area contributed by atoms with Gasteiger partial charge in [-0.2, -0.15) is 0 Å². The summed E-state index contributed by atoms with van der Waals surface area (Å²) < 4.78 is 55.4. The average molecular weight is 651 g/mol. The van der Waals surface area contributed by atoms with E-state index < -0.39 is 23.4 Å². The zero-order valence-corrected chi connectivity index (χ0v) is 26.2. The molecule has 46 heavy (non-hydrogen) atoms. The Hall–Kier alpha value is -3.93. The number of aromatic nitrogens is 2. The molecule has 0 radical (unpaired) electrons. The summed E-state index contributed by atoms with van der Waals surface area (Å²) in [5.74, 6) is -1.07. The molecule has 3 aliphatic heterocycles. The van der Waals surface area contributed by atoms with E-state index in [0.717, 1.165) is 43.9 Å². The van der Waals surface area contributed by atoms with Gasteiger partial charge in [-0.1, -0.05) is 17.7 Å². The smallest absolute Gasteiger partial charge is 0.338 e. The van der Waals surface area contributed by atoms with Gasteiger partial charge in [0, 0.05) is 43.7 Å². The number of piperazine rings is 1. The van der Waals surface area contributed by atoms with E-state index in [0.29, 0.717) is 41.7 Å². The third kappa shape index (κ3) is 4.78. The van der Waals surface area contributed by atoms with Gasteiger partial charge in [0.05, 0.1) is 48.6 Å². The Bertz CT molecular complexity index is 1870. The number of anilines is 1. The van der Waals surface area contributed by atoms with Gasteiger partial charge in [-0.3, -0.25) is 4.90 Å². The van der Waals surface area contributed by atoms with E-state index in [2.05, 4.69) is 9.80 Å². The summed E-state index contributed by atoms with van der Waals surface area (Å²) in [6, 6.07) is 13.6. The minimum absolute atomic E-state index is 0.0173. The number of methoxy groups -OCH3 is 1. The van der Waals surface area contributed by atoms with E-state index in [-0.39, 0.29) is 34.8 Å². The first-order valence-electron chi connectivity index (χ1n) is 15.6. The van der Waals surface area contributed by atoms with Crippen molar-refractivity contribution in [2.24, 2.45) is 0 Å². The first-order chi connectivity index (χ1) is 22.2. The molecule has 2 saturated heterocycles. The van der Waals surface area contributed by atoms with Crippen LogP contribution in [-0.4, -0.2) is 65.4 Å². The van der Waals surface area contributed by atoms with Crippen LogP contribution in [0.1, 0.15) is 47.9 Å². The van der Waals surface area contributed by atoms with Crippen LogP contribution in [0.2, 0.25) is 5.02 Å². The zero-order valence-electron chi connectivity index (χ0n) is 25.5. The highest BCUT2D eigenvalue weighted by Gasteiger charge is 2.47. The van der Waals surface area contributed by atoms with E-state index >= 15 is 4.39 Å². The van der Waals surface area contributed by atoms with Crippen molar-refractivity contribution in [1.29, 1.82) is 0 Å². The second-order valence-corrected chi connectivity index (χ2v) is 12.9. The van der Waals surface area contributed by atoms with Crippen molar-refractivity contribution in [2.75, 3.05) is 31.7 Å². The SMILES string of the molecule is COC(=O)c1cc(F)c2nc(CN3CCN(c4cccc5c4OC(C)(c4ccc(Cl)cc4F)O5)[C@@H]4CC[C@@H]43)n(C[C@@H]3CCO3)c2c1. The summed E-state index contributed by atoms with van der Waals surface area (Å²) in [6.07, 6.45) is 2.94. The molecular formula is C34H33ClF2N4O5. The average Bonchev–Trinajstić information content (AvgIpc) is 3.52. The summed E-state index contributed by atoms with van der Waals surface area (Å²) in [7, 11) is 1.28. The maximum atomic E-state index is 15.3. The van der Waals surface area contributed by atoms with Gasteiger partial charge in [-0.05, 0) is 61.7 Å². The number of esters is 1. The number of imidazole rings is 1. The Balaban J connectivity index is 1.06. The first kappa shape index (κ1) is 29.5. The second kappa shape index (κ2) is 11.1. The van der Waals surface area contributed by atoms with Gasteiger partial charge in [0.15, 0.2) is 17.3 Å². The lowest BCUT2D eigenvalue weighted by molar-refractivity contribution is -0.0706. The molecule has 0 spiro atoms. The molecule has 9 nitrogen and oxygen atoms in total. The molecule has 8 rings (SSSR count). The van der Waals surface area contributed by atoms with Crippen LogP contribution >= 0.6 is 11.6 Å². The monoisotopic (exact) mass is 650 g/mol. The lowest BCUT2D eigenvalue weighted by Gasteiger charge is -2.54. The molecule has 0 N–H and O–H groups in total. The van der Waals surface area contributed by atoms with Crippen LogP contribution < -0.4 is 14.4 Å². The summed E-state index contributed by atoms with van der Waals surface area (Å²) in [5, 5.41) is 0.304. The predicted molar refractivity (Wildman–Crippen MR) is 166 cm³/mol. The Morgan fingerprint density at radius 2 is 1.89 bits per heavy atom. The zero-order chi connectivity index (χ0) is 31.7. The number of para-hydroxylation sites is 1. The molecule has 0 bridgehead atoms. The second-order valence-electron chi connectivity index (χ2n) is 12.5. The Morgan fingerprint density at radius 3 is 2.61 bits per heavy atom. The topological polar surface area (TPSA) is 78.3 Å².